The standard InChI is InChI=1S/C20H12F3N5O/c1-11-16(17(27-29-11)12-5-3-2-4-6-12)19-26-25-18-15-9-14(20(21,22)23)8-7-13(15)10-24-28(18)19/h2-10H,1H3. The van der Waals surface area contributed by atoms with E-state index in [4.69, 9.17) is 4.52 Å². The second-order valence-electron chi connectivity index (χ2n) is 6.53. The molecule has 5 aromatic rings. The maximum absolute atomic E-state index is 13.2. The lowest BCUT2D eigenvalue weighted by Crippen LogP contribution is -2.05. The first-order valence-electron chi connectivity index (χ1n) is 8.67. The van der Waals surface area contributed by atoms with Crippen LogP contribution in [0.25, 0.3) is 39.1 Å². The molecule has 29 heavy (non-hydrogen) atoms. The maximum atomic E-state index is 13.2. The minimum atomic E-state index is -4.46. The van der Waals surface area contributed by atoms with Crippen molar-refractivity contribution in [3.05, 3.63) is 66.1 Å². The molecule has 0 bridgehead atoms. The Bertz CT molecular complexity index is 1360. The summed E-state index contributed by atoms with van der Waals surface area (Å²) < 4.78 is 46.3. The summed E-state index contributed by atoms with van der Waals surface area (Å²) in [7, 11) is 0. The fourth-order valence-corrected chi connectivity index (χ4v) is 3.30. The number of benzene rings is 2. The van der Waals surface area contributed by atoms with Crippen molar-refractivity contribution in [2.45, 2.75) is 13.1 Å². The van der Waals surface area contributed by atoms with Gasteiger partial charge in [-0.25, -0.2) is 0 Å². The van der Waals surface area contributed by atoms with Crippen LogP contribution < -0.4 is 0 Å². The summed E-state index contributed by atoms with van der Waals surface area (Å²) >= 11 is 0. The van der Waals surface area contributed by atoms with Gasteiger partial charge < -0.3 is 4.52 Å². The van der Waals surface area contributed by atoms with Crippen molar-refractivity contribution in [2.24, 2.45) is 0 Å². The van der Waals surface area contributed by atoms with Gasteiger partial charge in [0.1, 0.15) is 11.5 Å². The van der Waals surface area contributed by atoms with E-state index in [-0.39, 0.29) is 5.65 Å². The van der Waals surface area contributed by atoms with E-state index in [1.807, 2.05) is 30.3 Å². The van der Waals surface area contributed by atoms with E-state index in [0.717, 1.165) is 17.7 Å². The zero-order valence-corrected chi connectivity index (χ0v) is 15.0. The van der Waals surface area contributed by atoms with Crippen molar-refractivity contribution in [3.63, 3.8) is 0 Å². The van der Waals surface area contributed by atoms with Crippen molar-refractivity contribution in [1.29, 1.82) is 0 Å². The van der Waals surface area contributed by atoms with Crippen LogP contribution in [0.15, 0.2) is 59.3 Å². The molecule has 0 unspecified atom stereocenters. The Morgan fingerprint density at radius 2 is 1.79 bits per heavy atom. The van der Waals surface area contributed by atoms with Gasteiger partial charge in [-0.05, 0) is 19.1 Å². The van der Waals surface area contributed by atoms with E-state index in [9.17, 15) is 13.2 Å². The lowest BCUT2D eigenvalue weighted by atomic mass is 10.1. The Labute approximate surface area is 161 Å². The predicted octanol–water partition coefficient (Wildman–Crippen LogP) is 4.93. The molecule has 5 rings (SSSR count). The number of halogens is 3. The van der Waals surface area contributed by atoms with E-state index < -0.39 is 11.7 Å². The molecule has 3 aromatic heterocycles. The van der Waals surface area contributed by atoms with Crippen LogP contribution >= 0.6 is 0 Å². The zero-order chi connectivity index (χ0) is 20.2. The normalized spacial score (nSPS) is 12.1. The van der Waals surface area contributed by atoms with E-state index in [1.165, 1.54) is 16.8 Å². The molecule has 0 radical (unpaired) electrons. The SMILES string of the molecule is Cc1onc(-c2ccccc2)c1-c1nnc2c3cc(C(F)(F)F)ccc3cnn12. The van der Waals surface area contributed by atoms with Gasteiger partial charge in [-0.15, -0.1) is 10.2 Å². The molecule has 0 saturated carbocycles. The van der Waals surface area contributed by atoms with Crippen LogP contribution in [0.4, 0.5) is 13.2 Å². The van der Waals surface area contributed by atoms with Gasteiger partial charge in [0.05, 0.1) is 17.3 Å². The highest BCUT2D eigenvalue weighted by molar-refractivity contribution is 5.94. The van der Waals surface area contributed by atoms with Crippen LogP contribution in [-0.2, 0) is 6.18 Å². The highest BCUT2D eigenvalue weighted by Crippen LogP contribution is 2.35. The molecular formula is C20H12F3N5O. The maximum Gasteiger partial charge on any atom is 0.416 e. The first kappa shape index (κ1) is 17.4. The first-order valence-corrected chi connectivity index (χ1v) is 8.67. The van der Waals surface area contributed by atoms with Gasteiger partial charge in [-0.2, -0.15) is 22.8 Å². The molecule has 0 fully saturated rings. The molecule has 9 heteroatoms. The fourth-order valence-electron chi connectivity index (χ4n) is 3.30. The smallest absolute Gasteiger partial charge is 0.360 e. The summed E-state index contributed by atoms with van der Waals surface area (Å²) in [6.07, 6.45) is -2.97. The lowest BCUT2D eigenvalue weighted by molar-refractivity contribution is -0.137. The van der Waals surface area contributed by atoms with E-state index >= 15 is 0 Å². The molecule has 0 amide bonds. The van der Waals surface area contributed by atoms with Crippen LogP contribution in [0, 0.1) is 6.92 Å². The third kappa shape index (κ3) is 2.74. The van der Waals surface area contributed by atoms with Crippen molar-refractivity contribution < 1.29 is 17.7 Å². The third-order valence-electron chi connectivity index (χ3n) is 4.71. The van der Waals surface area contributed by atoms with Crippen LogP contribution in [0.3, 0.4) is 0 Å². The Morgan fingerprint density at radius 3 is 2.55 bits per heavy atom. The third-order valence-corrected chi connectivity index (χ3v) is 4.71. The highest BCUT2D eigenvalue weighted by Gasteiger charge is 2.31. The summed E-state index contributed by atoms with van der Waals surface area (Å²) in [6.45, 7) is 1.73. The number of nitrogens with zero attached hydrogens (tertiary/aromatic N) is 5. The highest BCUT2D eigenvalue weighted by atomic mass is 19.4. The average molecular weight is 395 g/mol. The van der Waals surface area contributed by atoms with Gasteiger partial charge in [0.15, 0.2) is 11.5 Å². The van der Waals surface area contributed by atoms with Crippen molar-refractivity contribution in [2.75, 3.05) is 0 Å². The quantitative estimate of drug-likeness (QED) is 0.424. The molecule has 144 valence electrons. The molecule has 0 atom stereocenters. The fraction of sp³-hybridized carbons (Fsp3) is 0.100. The molecule has 0 saturated heterocycles. The Balaban J connectivity index is 1.76. The Morgan fingerprint density at radius 1 is 1.00 bits per heavy atom. The molecule has 2 aromatic carbocycles. The number of fused-ring (bicyclic) bond motifs is 3. The largest absolute Gasteiger partial charge is 0.416 e. The van der Waals surface area contributed by atoms with Crippen molar-refractivity contribution in [1.82, 2.24) is 25.0 Å². The van der Waals surface area contributed by atoms with Gasteiger partial charge in [0.25, 0.3) is 0 Å². The molecule has 6 nitrogen and oxygen atoms in total. The van der Waals surface area contributed by atoms with Crippen LogP contribution in [0.1, 0.15) is 11.3 Å². The lowest BCUT2D eigenvalue weighted by Gasteiger charge is -2.08. The number of hydrogen-bond donors (Lipinski definition) is 0. The molecule has 0 aliphatic carbocycles. The summed E-state index contributed by atoms with van der Waals surface area (Å²) in [5, 5.41) is 17.6. The number of alkyl halides is 3. The second-order valence-corrected chi connectivity index (χ2v) is 6.53. The summed E-state index contributed by atoms with van der Waals surface area (Å²) in [5.74, 6) is 0.848. The van der Waals surface area contributed by atoms with Crippen molar-refractivity contribution >= 4 is 16.4 Å². The van der Waals surface area contributed by atoms with Crippen molar-refractivity contribution in [3.8, 4) is 22.6 Å². The summed E-state index contributed by atoms with van der Waals surface area (Å²) in [6, 6.07) is 12.8. The van der Waals surface area contributed by atoms with Gasteiger partial charge in [0.2, 0.25) is 0 Å². The van der Waals surface area contributed by atoms with E-state index in [1.54, 1.807) is 6.92 Å². The zero-order valence-electron chi connectivity index (χ0n) is 15.0. The number of rotatable bonds is 2. The minimum absolute atomic E-state index is 0.225. The molecule has 0 aliphatic rings. The molecule has 0 aliphatic heterocycles. The van der Waals surface area contributed by atoms with E-state index in [0.29, 0.717) is 33.6 Å². The topological polar surface area (TPSA) is 69.1 Å². The van der Waals surface area contributed by atoms with Crippen LogP contribution in [0.2, 0.25) is 0 Å². The molecule has 0 N–H and O–H groups in total. The first-order chi connectivity index (χ1) is 13.9. The Kier molecular flexibility index (Phi) is 3.67. The van der Waals surface area contributed by atoms with Gasteiger partial charge in [0, 0.05) is 16.3 Å². The number of hydrogen-bond acceptors (Lipinski definition) is 5. The van der Waals surface area contributed by atoms with Gasteiger partial charge >= 0.3 is 6.18 Å². The molecule has 0 spiro atoms. The number of aromatic nitrogens is 5. The molecule has 3 heterocycles. The van der Waals surface area contributed by atoms with Crippen LogP contribution in [-0.4, -0.2) is 25.0 Å². The summed E-state index contributed by atoms with van der Waals surface area (Å²) in [5.41, 5.74) is 1.43. The van der Waals surface area contributed by atoms with Gasteiger partial charge in [-0.3, -0.25) is 0 Å². The summed E-state index contributed by atoms with van der Waals surface area (Å²) in [4.78, 5) is 0. The van der Waals surface area contributed by atoms with Gasteiger partial charge in [-0.1, -0.05) is 41.6 Å². The second kappa shape index (κ2) is 6.13. The van der Waals surface area contributed by atoms with E-state index in [2.05, 4.69) is 20.5 Å². The monoisotopic (exact) mass is 395 g/mol. The van der Waals surface area contributed by atoms with Crippen LogP contribution in [0.5, 0.6) is 0 Å². The Hall–Kier alpha value is -3.75. The predicted molar refractivity (Wildman–Crippen MR) is 99.0 cm³/mol. The average Bonchev–Trinajstić information content (AvgIpc) is 3.30. The number of aryl methyl sites for hydroxylation is 1. The molecular weight excluding hydrogens is 383 g/mol. The minimum Gasteiger partial charge on any atom is -0.360 e.